The number of imidazole rings is 1. The third-order valence-electron chi connectivity index (χ3n) is 4.71. The van der Waals surface area contributed by atoms with Crippen LogP contribution in [0.3, 0.4) is 0 Å². The van der Waals surface area contributed by atoms with Gasteiger partial charge < -0.3 is 18.8 Å². The first-order chi connectivity index (χ1) is 15.8. The molecule has 0 saturated carbocycles. The number of ether oxygens (including phenoxy) is 3. The molecule has 0 unspecified atom stereocenters. The lowest BCUT2D eigenvalue weighted by Crippen LogP contribution is -2.43. The van der Waals surface area contributed by atoms with Crippen LogP contribution in [0.4, 0.5) is 0 Å². The third kappa shape index (κ3) is 5.75. The Morgan fingerprint density at radius 1 is 1.06 bits per heavy atom. The van der Waals surface area contributed by atoms with E-state index in [1.807, 2.05) is 30.3 Å². The van der Waals surface area contributed by atoms with E-state index in [1.165, 1.54) is 18.0 Å². The van der Waals surface area contributed by atoms with Gasteiger partial charge in [0, 0.05) is 13.7 Å². The first-order valence-corrected chi connectivity index (χ1v) is 10.4. The van der Waals surface area contributed by atoms with Crippen LogP contribution >= 0.6 is 0 Å². The minimum Gasteiger partial charge on any atom is -0.460 e. The molecular weight excluding hydrogens is 432 g/mol. The lowest BCUT2D eigenvalue weighted by Gasteiger charge is -2.13. The number of nitrogens with zero attached hydrogens (tertiary/aromatic N) is 4. The molecular formula is C22H26N4O7. The summed E-state index contributed by atoms with van der Waals surface area (Å²) in [5, 5.41) is 0. The molecule has 11 nitrogen and oxygen atoms in total. The van der Waals surface area contributed by atoms with Crippen molar-refractivity contribution in [2.24, 2.45) is 0 Å². The normalized spacial score (nSPS) is 11.2. The molecule has 3 aromatic rings. The molecule has 3 rings (SSSR count). The van der Waals surface area contributed by atoms with Crippen molar-refractivity contribution in [3.05, 3.63) is 63.1 Å². The van der Waals surface area contributed by atoms with E-state index in [2.05, 4.69) is 4.98 Å². The molecule has 0 atom stereocenters. The molecule has 0 fully saturated rings. The Labute approximate surface area is 189 Å². The number of hydrogen-bond donors (Lipinski definition) is 0. The predicted octanol–water partition coefficient (Wildman–Crippen LogP) is 0.549. The van der Waals surface area contributed by atoms with E-state index in [1.54, 1.807) is 18.4 Å². The second-order valence-electron chi connectivity index (χ2n) is 7.55. The number of fused-ring (bicyclic) bond motifs is 1. The van der Waals surface area contributed by atoms with Gasteiger partial charge >= 0.3 is 17.6 Å². The molecule has 176 valence electrons. The summed E-state index contributed by atoms with van der Waals surface area (Å²) in [6.07, 6.45) is 1.09. The highest BCUT2D eigenvalue weighted by molar-refractivity contribution is 5.77. The smallest absolute Gasteiger partial charge is 0.344 e. The van der Waals surface area contributed by atoms with Gasteiger partial charge in [0.2, 0.25) is 0 Å². The van der Waals surface area contributed by atoms with Gasteiger partial charge in [-0.25, -0.2) is 19.1 Å². The quantitative estimate of drug-likeness (QED) is 0.404. The van der Waals surface area contributed by atoms with E-state index in [0.29, 0.717) is 13.2 Å². The Morgan fingerprint density at radius 2 is 1.79 bits per heavy atom. The fourth-order valence-electron chi connectivity index (χ4n) is 3.26. The summed E-state index contributed by atoms with van der Waals surface area (Å²) in [5.74, 6) is -1.64. The van der Waals surface area contributed by atoms with Crippen LogP contribution in [0.2, 0.25) is 0 Å². The molecule has 0 amide bonds. The number of carbonyl (C=O) groups is 2. The molecule has 0 radical (unpaired) electrons. The minimum absolute atomic E-state index is 0.146. The summed E-state index contributed by atoms with van der Waals surface area (Å²) in [4.78, 5) is 54.6. The molecule has 2 heterocycles. The van der Waals surface area contributed by atoms with Crippen LogP contribution in [0.15, 0.2) is 46.2 Å². The third-order valence-corrected chi connectivity index (χ3v) is 4.71. The van der Waals surface area contributed by atoms with E-state index < -0.39 is 36.3 Å². The Kier molecular flexibility index (Phi) is 7.78. The van der Waals surface area contributed by atoms with Crippen molar-refractivity contribution in [3.8, 4) is 0 Å². The molecule has 1 aromatic carbocycles. The van der Waals surface area contributed by atoms with Crippen molar-refractivity contribution in [1.29, 1.82) is 0 Å². The van der Waals surface area contributed by atoms with Crippen LogP contribution < -0.4 is 11.2 Å². The summed E-state index contributed by atoms with van der Waals surface area (Å²) >= 11 is 0. The van der Waals surface area contributed by atoms with Gasteiger partial charge in [0.25, 0.3) is 5.56 Å². The summed E-state index contributed by atoms with van der Waals surface area (Å²) in [5.41, 5.74) is -0.217. The number of hydrogen-bond acceptors (Lipinski definition) is 8. The van der Waals surface area contributed by atoms with Gasteiger partial charge in [-0.15, -0.1) is 0 Å². The average molecular weight is 458 g/mol. The Morgan fingerprint density at radius 3 is 2.45 bits per heavy atom. The Hall–Kier alpha value is -3.73. The SMILES string of the molecule is COCCn1cnc2c1c(=O)n(CC(=O)OCC(=O)OC(C)C)c(=O)n2Cc1ccccc1. The van der Waals surface area contributed by atoms with E-state index in [4.69, 9.17) is 14.2 Å². The molecule has 2 aromatic heterocycles. The van der Waals surface area contributed by atoms with Gasteiger partial charge in [0.1, 0.15) is 6.54 Å². The van der Waals surface area contributed by atoms with Crippen LogP contribution in [-0.4, -0.2) is 57.1 Å². The van der Waals surface area contributed by atoms with Crippen LogP contribution in [0.5, 0.6) is 0 Å². The number of carbonyl (C=O) groups excluding carboxylic acids is 2. The fourth-order valence-corrected chi connectivity index (χ4v) is 3.26. The topological polar surface area (TPSA) is 124 Å². The number of esters is 2. The van der Waals surface area contributed by atoms with Crippen molar-refractivity contribution >= 4 is 23.1 Å². The highest BCUT2D eigenvalue weighted by Gasteiger charge is 2.21. The van der Waals surface area contributed by atoms with Gasteiger partial charge in [-0.1, -0.05) is 30.3 Å². The summed E-state index contributed by atoms with van der Waals surface area (Å²) in [6, 6.07) is 9.19. The van der Waals surface area contributed by atoms with Crippen LogP contribution in [0, 0.1) is 0 Å². The molecule has 11 heteroatoms. The van der Waals surface area contributed by atoms with Crippen molar-refractivity contribution in [3.63, 3.8) is 0 Å². The van der Waals surface area contributed by atoms with Gasteiger partial charge in [0.15, 0.2) is 17.8 Å². The van der Waals surface area contributed by atoms with E-state index in [-0.39, 0.29) is 23.8 Å². The lowest BCUT2D eigenvalue weighted by molar-refractivity contribution is -0.161. The highest BCUT2D eigenvalue weighted by atomic mass is 16.6. The molecule has 0 aliphatic rings. The highest BCUT2D eigenvalue weighted by Crippen LogP contribution is 2.10. The standard InChI is InChI=1S/C22H26N4O7/c1-15(2)33-18(28)13-32-17(27)12-26-21(29)19-20(23-14-24(19)9-10-31-3)25(22(26)30)11-16-7-5-4-6-8-16/h4-8,14-15H,9-13H2,1-3H3. The first kappa shape index (κ1) is 23.9. The van der Waals surface area contributed by atoms with E-state index in [9.17, 15) is 19.2 Å². The molecule has 33 heavy (non-hydrogen) atoms. The maximum Gasteiger partial charge on any atom is 0.344 e. The summed E-state index contributed by atoms with van der Waals surface area (Å²) in [6.45, 7) is 2.85. The lowest BCUT2D eigenvalue weighted by atomic mass is 10.2. The molecule has 0 spiro atoms. The van der Waals surface area contributed by atoms with Crippen molar-refractivity contribution in [1.82, 2.24) is 18.7 Å². The fraction of sp³-hybridized carbons (Fsp3) is 0.409. The molecule has 0 bridgehead atoms. The molecule has 0 N–H and O–H groups in total. The largest absolute Gasteiger partial charge is 0.460 e. The Balaban J connectivity index is 1.99. The number of methoxy groups -OCH3 is 1. The maximum absolute atomic E-state index is 13.2. The second kappa shape index (κ2) is 10.7. The zero-order chi connectivity index (χ0) is 24.0. The second-order valence-corrected chi connectivity index (χ2v) is 7.55. The zero-order valence-electron chi connectivity index (χ0n) is 18.7. The van der Waals surface area contributed by atoms with Crippen LogP contribution in [-0.2, 0) is 43.4 Å². The van der Waals surface area contributed by atoms with Crippen molar-refractivity contribution in [2.45, 2.75) is 39.6 Å². The summed E-state index contributed by atoms with van der Waals surface area (Å²) < 4.78 is 18.6. The monoisotopic (exact) mass is 458 g/mol. The van der Waals surface area contributed by atoms with Gasteiger partial charge in [-0.3, -0.25) is 14.2 Å². The maximum atomic E-state index is 13.2. The minimum atomic E-state index is -0.913. The van der Waals surface area contributed by atoms with Gasteiger partial charge in [0.05, 0.1) is 25.6 Å². The molecule has 0 saturated heterocycles. The number of aromatic nitrogens is 4. The van der Waals surface area contributed by atoms with Gasteiger partial charge in [-0.05, 0) is 19.4 Å². The number of benzene rings is 1. The van der Waals surface area contributed by atoms with Gasteiger partial charge in [-0.2, -0.15) is 0 Å². The number of rotatable bonds is 10. The summed E-state index contributed by atoms with van der Waals surface area (Å²) in [7, 11) is 1.53. The van der Waals surface area contributed by atoms with E-state index in [0.717, 1.165) is 10.1 Å². The molecule has 0 aliphatic heterocycles. The zero-order valence-corrected chi connectivity index (χ0v) is 18.7. The first-order valence-electron chi connectivity index (χ1n) is 10.4. The van der Waals surface area contributed by atoms with Crippen molar-refractivity contribution < 1.29 is 23.8 Å². The molecule has 0 aliphatic carbocycles. The van der Waals surface area contributed by atoms with E-state index >= 15 is 0 Å². The van der Waals surface area contributed by atoms with Crippen molar-refractivity contribution in [2.75, 3.05) is 20.3 Å². The Bertz CT molecular complexity index is 1240. The van der Waals surface area contributed by atoms with Crippen LogP contribution in [0.1, 0.15) is 19.4 Å². The van der Waals surface area contributed by atoms with Crippen LogP contribution in [0.25, 0.3) is 11.2 Å². The average Bonchev–Trinajstić information content (AvgIpc) is 3.21. The predicted molar refractivity (Wildman–Crippen MR) is 118 cm³/mol.